The molecule has 102 valence electrons. The lowest BCUT2D eigenvalue weighted by Gasteiger charge is -2.22. The maximum absolute atomic E-state index is 11.4. The van der Waals surface area contributed by atoms with E-state index in [0.29, 0.717) is 17.0 Å². The number of para-hydroxylation sites is 1. The highest BCUT2D eigenvalue weighted by Crippen LogP contribution is 2.37. The van der Waals surface area contributed by atoms with Gasteiger partial charge < -0.3 is 14.7 Å². The van der Waals surface area contributed by atoms with Crippen LogP contribution in [0.15, 0.2) is 42.5 Å². The molecule has 0 saturated heterocycles. The maximum Gasteiger partial charge on any atom is 0.337 e. The summed E-state index contributed by atoms with van der Waals surface area (Å²) in [7, 11) is 1.58. The lowest BCUT2D eigenvalue weighted by atomic mass is 10.1. The molecule has 0 bridgehead atoms. The predicted molar refractivity (Wildman–Crippen MR) is 77.1 cm³/mol. The molecule has 0 fully saturated rings. The first-order valence-corrected chi connectivity index (χ1v) is 6.47. The van der Waals surface area contributed by atoms with Gasteiger partial charge in [0.2, 0.25) is 0 Å². The number of carbonyl (C=O) groups is 1. The summed E-state index contributed by atoms with van der Waals surface area (Å²) in [5.74, 6) is -0.263. The Labute approximate surface area is 117 Å². The summed E-state index contributed by atoms with van der Waals surface area (Å²) in [6.07, 6.45) is 0.923. The molecular formula is C16H15NO3. The molecule has 1 aliphatic rings. The van der Waals surface area contributed by atoms with Crippen molar-refractivity contribution in [3.05, 3.63) is 53.6 Å². The number of rotatable bonds is 3. The van der Waals surface area contributed by atoms with Gasteiger partial charge in [-0.3, -0.25) is 0 Å². The van der Waals surface area contributed by atoms with Crippen molar-refractivity contribution in [2.45, 2.75) is 6.42 Å². The van der Waals surface area contributed by atoms with Crippen molar-refractivity contribution in [3.8, 4) is 5.75 Å². The van der Waals surface area contributed by atoms with Crippen LogP contribution >= 0.6 is 0 Å². The second-order valence-electron chi connectivity index (χ2n) is 4.72. The third kappa shape index (κ3) is 1.99. The molecule has 3 rings (SSSR count). The molecule has 1 aliphatic heterocycles. The van der Waals surface area contributed by atoms with Crippen LogP contribution in [0.5, 0.6) is 5.75 Å². The fourth-order valence-electron chi connectivity index (χ4n) is 2.63. The van der Waals surface area contributed by atoms with E-state index in [1.807, 2.05) is 23.1 Å². The number of nitrogens with zero attached hydrogens (tertiary/aromatic N) is 1. The summed E-state index contributed by atoms with van der Waals surface area (Å²) >= 11 is 0. The molecule has 4 nitrogen and oxygen atoms in total. The summed E-state index contributed by atoms with van der Waals surface area (Å²) in [4.78, 5) is 13.5. The highest BCUT2D eigenvalue weighted by Gasteiger charge is 2.24. The van der Waals surface area contributed by atoms with Gasteiger partial charge in [-0.1, -0.05) is 18.2 Å². The lowest BCUT2D eigenvalue weighted by molar-refractivity contribution is 0.0697. The number of ether oxygens (including phenoxy) is 1. The van der Waals surface area contributed by atoms with Gasteiger partial charge in [-0.05, 0) is 30.2 Å². The average molecular weight is 269 g/mol. The van der Waals surface area contributed by atoms with Gasteiger partial charge in [0.05, 0.1) is 18.4 Å². The molecule has 1 N–H and O–H groups in total. The summed E-state index contributed by atoms with van der Waals surface area (Å²) in [6.45, 7) is 0.785. The molecule has 20 heavy (non-hydrogen) atoms. The first-order chi connectivity index (χ1) is 9.70. The van der Waals surface area contributed by atoms with E-state index >= 15 is 0 Å². The van der Waals surface area contributed by atoms with Gasteiger partial charge in [-0.2, -0.15) is 0 Å². The van der Waals surface area contributed by atoms with Crippen molar-refractivity contribution in [1.29, 1.82) is 0 Å². The number of aromatic carboxylic acids is 1. The number of hydrogen-bond donors (Lipinski definition) is 1. The molecule has 0 amide bonds. The molecule has 0 atom stereocenters. The smallest absolute Gasteiger partial charge is 0.337 e. The molecule has 0 unspecified atom stereocenters. The van der Waals surface area contributed by atoms with E-state index in [2.05, 4.69) is 6.07 Å². The number of fused-ring (bicyclic) bond motifs is 1. The van der Waals surface area contributed by atoms with E-state index in [0.717, 1.165) is 18.7 Å². The standard InChI is InChI=1S/C16H15NO3/c1-20-12-6-7-13(16(18)19)15(10-12)17-9-8-11-4-2-3-5-14(11)17/h2-7,10H,8-9H2,1H3,(H,18,19). The predicted octanol–water partition coefficient (Wildman–Crippen LogP) is 3.09. The third-order valence-corrected chi connectivity index (χ3v) is 3.61. The average Bonchev–Trinajstić information content (AvgIpc) is 2.90. The fraction of sp³-hybridized carbons (Fsp3) is 0.188. The summed E-state index contributed by atoms with van der Waals surface area (Å²) in [5.41, 5.74) is 3.29. The number of benzene rings is 2. The van der Waals surface area contributed by atoms with E-state index in [-0.39, 0.29) is 0 Å². The van der Waals surface area contributed by atoms with E-state index in [1.165, 1.54) is 5.56 Å². The fourth-order valence-corrected chi connectivity index (χ4v) is 2.63. The Balaban J connectivity index is 2.12. The van der Waals surface area contributed by atoms with E-state index < -0.39 is 5.97 Å². The van der Waals surface area contributed by atoms with Crippen molar-refractivity contribution in [3.63, 3.8) is 0 Å². The van der Waals surface area contributed by atoms with Crippen molar-refractivity contribution in [2.75, 3.05) is 18.6 Å². The number of carboxylic acids is 1. The quantitative estimate of drug-likeness (QED) is 0.930. The number of anilines is 2. The molecular weight excluding hydrogens is 254 g/mol. The summed E-state index contributed by atoms with van der Waals surface area (Å²) in [5, 5.41) is 9.37. The van der Waals surface area contributed by atoms with Gasteiger partial charge in [0.15, 0.2) is 0 Å². The molecule has 4 heteroatoms. The highest BCUT2D eigenvalue weighted by atomic mass is 16.5. The van der Waals surface area contributed by atoms with Crippen LogP contribution in [0.3, 0.4) is 0 Å². The molecule has 2 aromatic rings. The van der Waals surface area contributed by atoms with Crippen LogP contribution in [0.4, 0.5) is 11.4 Å². The topological polar surface area (TPSA) is 49.8 Å². The molecule has 1 heterocycles. The first kappa shape index (κ1) is 12.5. The molecule has 0 spiro atoms. The van der Waals surface area contributed by atoms with E-state index in [4.69, 9.17) is 4.74 Å². The van der Waals surface area contributed by atoms with Crippen LogP contribution in [0.2, 0.25) is 0 Å². The zero-order valence-electron chi connectivity index (χ0n) is 11.2. The minimum atomic E-state index is -0.924. The second kappa shape index (κ2) is 4.89. The maximum atomic E-state index is 11.4. The van der Waals surface area contributed by atoms with Crippen LogP contribution < -0.4 is 9.64 Å². The largest absolute Gasteiger partial charge is 0.497 e. The van der Waals surface area contributed by atoms with E-state index in [1.54, 1.807) is 25.3 Å². The number of hydrogen-bond acceptors (Lipinski definition) is 3. The number of carboxylic acid groups (broad SMARTS) is 1. The second-order valence-corrected chi connectivity index (χ2v) is 4.72. The molecule has 2 aromatic carbocycles. The first-order valence-electron chi connectivity index (χ1n) is 6.47. The van der Waals surface area contributed by atoms with Crippen molar-refractivity contribution in [2.24, 2.45) is 0 Å². The molecule has 0 saturated carbocycles. The Hall–Kier alpha value is -2.49. The van der Waals surface area contributed by atoms with Gasteiger partial charge in [-0.15, -0.1) is 0 Å². The molecule has 0 aliphatic carbocycles. The van der Waals surface area contributed by atoms with Crippen LogP contribution in [0.25, 0.3) is 0 Å². The van der Waals surface area contributed by atoms with Crippen molar-refractivity contribution < 1.29 is 14.6 Å². The Morgan fingerprint density at radius 3 is 2.75 bits per heavy atom. The van der Waals surface area contributed by atoms with Crippen LogP contribution in [0, 0.1) is 0 Å². The minimum Gasteiger partial charge on any atom is -0.497 e. The lowest BCUT2D eigenvalue weighted by Crippen LogP contribution is -2.17. The molecule has 0 radical (unpaired) electrons. The Morgan fingerprint density at radius 2 is 2.00 bits per heavy atom. The van der Waals surface area contributed by atoms with Crippen LogP contribution in [-0.4, -0.2) is 24.7 Å². The Bertz CT molecular complexity index is 667. The zero-order valence-corrected chi connectivity index (χ0v) is 11.2. The van der Waals surface area contributed by atoms with Gasteiger partial charge in [0, 0.05) is 18.3 Å². The van der Waals surface area contributed by atoms with E-state index in [9.17, 15) is 9.90 Å². The third-order valence-electron chi connectivity index (χ3n) is 3.61. The molecule has 0 aromatic heterocycles. The van der Waals surface area contributed by atoms with Gasteiger partial charge >= 0.3 is 5.97 Å². The van der Waals surface area contributed by atoms with Crippen LogP contribution in [0.1, 0.15) is 15.9 Å². The Morgan fingerprint density at radius 1 is 1.20 bits per heavy atom. The summed E-state index contributed by atoms with van der Waals surface area (Å²) < 4.78 is 5.22. The normalized spacial score (nSPS) is 13.2. The highest BCUT2D eigenvalue weighted by molar-refractivity contribution is 5.96. The zero-order chi connectivity index (χ0) is 14.1. The summed E-state index contributed by atoms with van der Waals surface area (Å²) in [6, 6.07) is 13.1. The van der Waals surface area contributed by atoms with Crippen molar-refractivity contribution in [1.82, 2.24) is 0 Å². The minimum absolute atomic E-state index is 0.294. The number of methoxy groups -OCH3 is 1. The van der Waals surface area contributed by atoms with Crippen LogP contribution in [-0.2, 0) is 6.42 Å². The van der Waals surface area contributed by atoms with Gasteiger partial charge in [-0.25, -0.2) is 4.79 Å². The van der Waals surface area contributed by atoms with Gasteiger partial charge in [0.25, 0.3) is 0 Å². The van der Waals surface area contributed by atoms with Gasteiger partial charge in [0.1, 0.15) is 5.75 Å². The SMILES string of the molecule is COc1ccc(C(=O)O)c(N2CCc3ccccc32)c1. The Kier molecular flexibility index (Phi) is 3.06. The van der Waals surface area contributed by atoms with Crippen molar-refractivity contribution >= 4 is 17.3 Å². The monoisotopic (exact) mass is 269 g/mol.